The van der Waals surface area contributed by atoms with Crippen molar-refractivity contribution in [2.24, 2.45) is 0 Å². The molecular formula is C15H20N6O. The van der Waals surface area contributed by atoms with Gasteiger partial charge in [-0.3, -0.25) is 9.78 Å². The molecule has 0 bridgehead atoms. The summed E-state index contributed by atoms with van der Waals surface area (Å²) in [5, 5.41) is 17.2. The molecule has 2 rings (SSSR count). The molecule has 0 aliphatic rings. The maximum Gasteiger partial charge on any atom is 0.220 e. The number of carbonyl (C=O) groups is 1. The van der Waals surface area contributed by atoms with E-state index < -0.39 is 0 Å². The van der Waals surface area contributed by atoms with Gasteiger partial charge < -0.3 is 16.0 Å². The van der Waals surface area contributed by atoms with Gasteiger partial charge in [0.15, 0.2) is 5.82 Å². The van der Waals surface area contributed by atoms with Crippen molar-refractivity contribution in [3.63, 3.8) is 0 Å². The summed E-state index contributed by atoms with van der Waals surface area (Å²) in [6, 6.07) is 7.38. The van der Waals surface area contributed by atoms with Crippen molar-refractivity contribution in [1.82, 2.24) is 20.5 Å². The molecule has 7 heteroatoms. The number of hydrogen-bond donors (Lipinski definition) is 3. The maximum absolute atomic E-state index is 11.3. The van der Waals surface area contributed by atoms with Crippen molar-refractivity contribution in [1.29, 1.82) is 0 Å². The molecule has 3 N–H and O–H groups in total. The Morgan fingerprint density at radius 1 is 1.05 bits per heavy atom. The fraction of sp³-hybridized carbons (Fsp3) is 0.333. The van der Waals surface area contributed by atoms with Crippen LogP contribution >= 0.6 is 0 Å². The zero-order valence-electron chi connectivity index (χ0n) is 12.5. The van der Waals surface area contributed by atoms with Crippen LogP contribution in [0.4, 0.5) is 17.3 Å². The average Bonchev–Trinajstić information content (AvgIpc) is 2.54. The van der Waals surface area contributed by atoms with Crippen LogP contribution in [0.25, 0.3) is 0 Å². The molecule has 0 spiro atoms. The molecule has 2 heterocycles. The molecule has 0 fully saturated rings. The minimum atomic E-state index is 0.0762. The van der Waals surface area contributed by atoms with Gasteiger partial charge in [0.25, 0.3) is 0 Å². The fourth-order valence-corrected chi connectivity index (χ4v) is 1.78. The quantitative estimate of drug-likeness (QED) is 0.645. The summed E-state index contributed by atoms with van der Waals surface area (Å²) in [5.74, 6) is 1.41. The summed E-state index contributed by atoms with van der Waals surface area (Å²) in [4.78, 5) is 15.2. The van der Waals surface area contributed by atoms with E-state index in [4.69, 9.17) is 0 Å². The van der Waals surface area contributed by atoms with Crippen molar-refractivity contribution < 1.29 is 4.79 Å². The standard InChI is InChI=1S/C15H20N6O/c1-2-3-15(22)18-11-10-17-13-4-5-14(21-20-13)19-12-6-8-16-9-7-12/h4-9H,2-3,10-11H2,1H3,(H,17,20)(H,18,22)(H,16,19,21). The smallest absolute Gasteiger partial charge is 0.220 e. The van der Waals surface area contributed by atoms with E-state index in [1.807, 2.05) is 31.2 Å². The Balaban J connectivity index is 1.74. The van der Waals surface area contributed by atoms with Gasteiger partial charge in [-0.05, 0) is 30.7 Å². The highest BCUT2D eigenvalue weighted by molar-refractivity contribution is 5.75. The van der Waals surface area contributed by atoms with Crippen LogP contribution in [0.1, 0.15) is 19.8 Å². The van der Waals surface area contributed by atoms with Gasteiger partial charge in [-0.1, -0.05) is 6.92 Å². The Bertz CT molecular complexity index is 572. The normalized spacial score (nSPS) is 10.0. The Morgan fingerprint density at radius 2 is 1.77 bits per heavy atom. The summed E-state index contributed by atoms with van der Waals surface area (Å²) in [6.45, 7) is 3.16. The monoisotopic (exact) mass is 300 g/mol. The van der Waals surface area contributed by atoms with Gasteiger partial charge in [0.2, 0.25) is 5.91 Å². The molecule has 0 radical (unpaired) electrons. The maximum atomic E-state index is 11.3. The summed E-state index contributed by atoms with van der Waals surface area (Å²) < 4.78 is 0. The fourth-order valence-electron chi connectivity index (χ4n) is 1.78. The van der Waals surface area contributed by atoms with Gasteiger partial charge >= 0.3 is 0 Å². The first kappa shape index (κ1) is 15.7. The summed E-state index contributed by atoms with van der Waals surface area (Å²) in [6.07, 6.45) is 4.84. The number of anilines is 3. The number of hydrogen-bond acceptors (Lipinski definition) is 6. The lowest BCUT2D eigenvalue weighted by Gasteiger charge is -2.08. The molecule has 0 aliphatic heterocycles. The molecule has 0 atom stereocenters. The largest absolute Gasteiger partial charge is 0.367 e. The van der Waals surface area contributed by atoms with Crippen LogP contribution in [0.15, 0.2) is 36.7 Å². The molecule has 22 heavy (non-hydrogen) atoms. The highest BCUT2D eigenvalue weighted by Gasteiger charge is 2.00. The minimum Gasteiger partial charge on any atom is -0.367 e. The van der Waals surface area contributed by atoms with Gasteiger partial charge in [-0.15, -0.1) is 10.2 Å². The van der Waals surface area contributed by atoms with Crippen LogP contribution in [-0.2, 0) is 4.79 Å². The van der Waals surface area contributed by atoms with Crippen molar-refractivity contribution in [2.45, 2.75) is 19.8 Å². The van der Waals surface area contributed by atoms with Crippen LogP contribution in [0.5, 0.6) is 0 Å². The molecule has 0 saturated carbocycles. The lowest BCUT2D eigenvalue weighted by Crippen LogP contribution is -2.28. The lowest BCUT2D eigenvalue weighted by atomic mass is 10.3. The zero-order chi connectivity index (χ0) is 15.6. The highest BCUT2D eigenvalue weighted by atomic mass is 16.1. The highest BCUT2D eigenvalue weighted by Crippen LogP contribution is 2.12. The first-order valence-corrected chi connectivity index (χ1v) is 7.29. The summed E-state index contributed by atoms with van der Waals surface area (Å²) >= 11 is 0. The molecule has 1 amide bonds. The van der Waals surface area contributed by atoms with Crippen molar-refractivity contribution in [2.75, 3.05) is 23.7 Å². The molecule has 0 aromatic carbocycles. The number of pyridine rings is 1. The molecule has 116 valence electrons. The lowest BCUT2D eigenvalue weighted by molar-refractivity contribution is -0.121. The SMILES string of the molecule is CCCC(=O)NCCNc1ccc(Nc2ccncc2)nn1. The molecule has 7 nitrogen and oxygen atoms in total. The van der Waals surface area contributed by atoms with E-state index in [0.717, 1.165) is 12.1 Å². The van der Waals surface area contributed by atoms with E-state index in [1.165, 1.54) is 0 Å². The molecular weight excluding hydrogens is 280 g/mol. The third-order valence-corrected chi connectivity index (χ3v) is 2.85. The third kappa shape index (κ3) is 5.35. The van der Waals surface area contributed by atoms with E-state index >= 15 is 0 Å². The van der Waals surface area contributed by atoms with Crippen LogP contribution in [0.2, 0.25) is 0 Å². The van der Waals surface area contributed by atoms with Crippen LogP contribution in [0, 0.1) is 0 Å². The molecule has 0 aliphatic carbocycles. The van der Waals surface area contributed by atoms with Crippen LogP contribution < -0.4 is 16.0 Å². The molecule has 0 saturated heterocycles. The Morgan fingerprint density at radius 3 is 2.45 bits per heavy atom. The van der Waals surface area contributed by atoms with Gasteiger partial charge in [-0.25, -0.2) is 0 Å². The van der Waals surface area contributed by atoms with E-state index in [1.54, 1.807) is 12.4 Å². The number of nitrogens with zero attached hydrogens (tertiary/aromatic N) is 3. The predicted molar refractivity (Wildman–Crippen MR) is 86.0 cm³/mol. The van der Waals surface area contributed by atoms with Gasteiger partial charge in [-0.2, -0.15) is 0 Å². The summed E-state index contributed by atoms with van der Waals surface area (Å²) in [5.41, 5.74) is 0.906. The first-order valence-electron chi connectivity index (χ1n) is 7.29. The first-order chi connectivity index (χ1) is 10.8. The minimum absolute atomic E-state index is 0.0762. The topological polar surface area (TPSA) is 91.8 Å². The Labute approximate surface area is 129 Å². The Kier molecular flexibility index (Phi) is 6.10. The van der Waals surface area contributed by atoms with E-state index in [-0.39, 0.29) is 5.91 Å². The van der Waals surface area contributed by atoms with Crippen molar-refractivity contribution >= 4 is 23.2 Å². The van der Waals surface area contributed by atoms with E-state index in [0.29, 0.717) is 31.1 Å². The van der Waals surface area contributed by atoms with Crippen molar-refractivity contribution in [3.8, 4) is 0 Å². The van der Waals surface area contributed by atoms with Gasteiger partial charge in [0, 0.05) is 37.6 Å². The Hall–Kier alpha value is -2.70. The van der Waals surface area contributed by atoms with Crippen LogP contribution in [-0.4, -0.2) is 34.2 Å². The second kappa shape index (κ2) is 8.56. The molecule has 2 aromatic rings. The van der Waals surface area contributed by atoms with Crippen LogP contribution in [0.3, 0.4) is 0 Å². The number of carbonyl (C=O) groups excluding carboxylic acids is 1. The second-order valence-electron chi connectivity index (χ2n) is 4.69. The number of nitrogens with one attached hydrogen (secondary N) is 3. The van der Waals surface area contributed by atoms with E-state index in [9.17, 15) is 4.79 Å². The third-order valence-electron chi connectivity index (χ3n) is 2.85. The van der Waals surface area contributed by atoms with E-state index in [2.05, 4.69) is 31.1 Å². The second-order valence-corrected chi connectivity index (χ2v) is 4.69. The number of rotatable bonds is 8. The predicted octanol–water partition coefficient (Wildman–Crippen LogP) is 1.94. The van der Waals surface area contributed by atoms with Gasteiger partial charge in [0.1, 0.15) is 5.82 Å². The number of amides is 1. The molecule has 0 unspecified atom stereocenters. The molecule has 2 aromatic heterocycles. The summed E-state index contributed by atoms with van der Waals surface area (Å²) in [7, 11) is 0. The van der Waals surface area contributed by atoms with Gasteiger partial charge in [0.05, 0.1) is 0 Å². The average molecular weight is 300 g/mol. The van der Waals surface area contributed by atoms with Crippen molar-refractivity contribution in [3.05, 3.63) is 36.7 Å². The zero-order valence-corrected chi connectivity index (χ0v) is 12.5. The number of aromatic nitrogens is 3.